The third-order valence-electron chi connectivity index (χ3n) is 1.37. The van der Waals surface area contributed by atoms with Gasteiger partial charge in [0.1, 0.15) is 5.82 Å². The maximum atomic E-state index is 12.7. The molecule has 5 heteroatoms. The van der Waals surface area contributed by atoms with E-state index in [4.69, 9.17) is 16.7 Å². The molecule has 0 bridgehead atoms. The number of hydrogen-bond donors (Lipinski definition) is 1. The minimum Gasteiger partial charge on any atom is -0.391 e. The van der Waals surface area contributed by atoms with Gasteiger partial charge in [-0.3, -0.25) is 0 Å². The maximum Gasteiger partial charge on any atom is 0.177 e. The number of benzene rings is 1. The van der Waals surface area contributed by atoms with E-state index in [0.717, 1.165) is 0 Å². The minimum atomic E-state index is -1.44. The molecule has 1 aromatic rings. The zero-order chi connectivity index (χ0) is 9.30. The Hall–Kier alpha value is -0.740. The van der Waals surface area contributed by atoms with Crippen LogP contribution >= 0.6 is 11.6 Å². The molecule has 0 aromatic heterocycles. The Morgan fingerprint density at radius 1 is 1.25 bits per heavy atom. The molecule has 0 radical (unpaired) electrons. The first-order chi connectivity index (χ1) is 5.57. The monoisotopic (exact) mass is 196 g/mol. The van der Waals surface area contributed by atoms with Crippen LogP contribution in [0.1, 0.15) is 5.56 Å². The summed E-state index contributed by atoms with van der Waals surface area (Å²) in [6.07, 6.45) is 0. The zero-order valence-corrected chi connectivity index (χ0v) is 6.50. The van der Waals surface area contributed by atoms with Crippen molar-refractivity contribution in [3.63, 3.8) is 0 Å². The molecule has 0 fully saturated rings. The van der Waals surface area contributed by atoms with E-state index in [1.54, 1.807) is 0 Å². The molecule has 0 saturated carbocycles. The van der Waals surface area contributed by atoms with Crippen LogP contribution in [0.25, 0.3) is 0 Å². The second-order valence-corrected chi connectivity index (χ2v) is 2.51. The van der Waals surface area contributed by atoms with Crippen molar-refractivity contribution in [1.29, 1.82) is 0 Å². The highest BCUT2D eigenvalue weighted by Crippen LogP contribution is 2.23. The van der Waals surface area contributed by atoms with Crippen LogP contribution in [0.4, 0.5) is 13.2 Å². The van der Waals surface area contributed by atoms with Gasteiger partial charge in [-0.1, -0.05) is 11.6 Å². The summed E-state index contributed by atoms with van der Waals surface area (Å²) in [5.74, 6) is -3.84. The van der Waals surface area contributed by atoms with Crippen LogP contribution in [-0.2, 0) is 6.61 Å². The molecule has 0 aliphatic heterocycles. The van der Waals surface area contributed by atoms with Crippen molar-refractivity contribution in [1.82, 2.24) is 0 Å². The van der Waals surface area contributed by atoms with Crippen LogP contribution in [0.5, 0.6) is 0 Å². The fourth-order valence-corrected chi connectivity index (χ4v) is 0.928. The Balaban J connectivity index is 3.40. The third-order valence-corrected chi connectivity index (χ3v) is 1.64. The SMILES string of the molecule is OCc1c(F)cc(Cl)c(F)c1F. The Morgan fingerprint density at radius 3 is 2.33 bits per heavy atom. The second-order valence-electron chi connectivity index (χ2n) is 2.10. The molecule has 0 unspecified atom stereocenters. The molecular weight excluding hydrogens is 193 g/mol. The smallest absolute Gasteiger partial charge is 0.177 e. The first-order valence-corrected chi connectivity index (χ1v) is 3.38. The van der Waals surface area contributed by atoms with Crippen LogP contribution < -0.4 is 0 Å². The van der Waals surface area contributed by atoms with Crippen LogP contribution in [0.2, 0.25) is 5.02 Å². The topological polar surface area (TPSA) is 20.2 Å². The van der Waals surface area contributed by atoms with Crippen LogP contribution in [0.3, 0.4) is 0 Å². The Labute approximate surface area is 71.4 Å². The van der Waals surface area contributed by atoms with Crippen molar-refractivity contribution < 1.29 is 18.3 Å². The van der Waals surface area contributed by atoms with Crippen molar-refractivity contribution in [2.75, 3.05) is 0 Å². The van der Waals surface area contributed by atoms with E-state index < -0.39 is 34.6 Å². The summed E-state index contributed by atoms with van der Waals surface area (Å²) >= 11 is 5.11. The minimum absolute atomic E-state index is 0.617. The Morgan fingerprint density at radius 2 is 1.83 bits per heavy atom. The zero-order valence-electron chi connectivity index (χ0n) is 5.74. The molecule has 0 amide bonds. The molecule has 1 N–H and O–H groups in total. The molecule has 0 heterocycles. The average Bonchev–Trinajstić information content (AvgIpc) is 2.01. The van der Waals surface area contributed by atoms with Gasteiger partial charge in [0.15, 0.2) is 11.6 Å². The summed E-state index contributed by atoms with van der Waals surface area (Å²) in [5.41, 5.74) is -0.711. The number of hydrogen-bond acceptors (Lipinski definition) is 1. The lowest BCUT2D eigenvalue weighted by Gasteiger charge is -2.02. The van der Waals surface area contributed by atoms with Crippen molar-refractivity contribution in [2.45, 2.75) is 6.61 Å². The molecular formula is C7H4ClF3O. The molecule has 0 aliphatic rings. The molecule has 66 valence electrons. The normalized spacial score (nSPS) is 10.4. The quantitative estimate of drug-likeness (QED) is 0.540. The van der Waals surface area contributed by atoms with E-state index in [2.05, 4.69) is 0 Å². The highest BCUT2D eigenvalue weighted by Gasteiger charge is 2.16. The van der Waals surface area contributed by atoms with Crippen molar-refractivity contribution in [3.8, 4) is 0 Å². The Bertz CT molecular complexity index is 314. The van der Waals surface area contributed by atoms with Gasteiger partial charge in [0.2, 0.25) is 0 Å². The summed E-state index contributed by atoms with van der Waals surface area (Å²) in [6.45, 7) is -0.897. The fraction of sp³-hybridized carbons (Fsp3) is 0.143. The predicted molar refractivity (Wildman–Crippen MR) is 37.2 cm³/mol. The summed E-state index contributed by atoms with van der Waals surface area (Å²) in [7, 11) is 0. The van der Waals surface area contributed by atoms with Gasteiger partial charge in [0.05, 0.1) is 17.2 Å². The van der Waals surface area contributed by atoms with Crippen LogP contribution in [-0.4, -0.2) is 5.11 Å². The van der Waals surface area contributed by atoms with Crippen molar-refractivity contribution in [3.05, 3.63) is 34.1 Å². The predicted octanol–water partition coefficient (Wildman–Crippen LogP) is 2.25. The van der Waals surface area contributed by atoms with Gasteiger partial charge in [0, 0.05) is 0 Å². The number of aliphatic hydroxyl groups is 1. The number of rotatable bonds is 1. The van der Waals surface area contributed by atoms with Crippen molar-refractivity contribution >= 4 is 11.6 Å². The van der Waals surface area contributed by atoms with Crippen LogP contribution in [0, 0.1) is 17.5 Å². The second kappa shape index (κ2) is 3.33. The fourth-order valence-electron chi connectivity index (χ4n) is 0.749. The van der Waals surface area contributed by atoms with E-state index in [1.807, 2.05) is 0 Å². The first kappa shape index (κ1) is 9.35. The summed E-state index contributed by atoms with van der Waals surface area (Å²) in [5, 5.41) is 7.79. The van der Waals surface area contributed by atoms with E-state index in [0.29, 0.717) is 6.07 Å². The van der Waals surface area contributed by atoms with E-state index >= 15 is 0 Å². The van der Waals surface area contributed by atoms with Gasteiger partial charge in [-0.2, -0.15) is 0 Å². The van der Waals surface area contributed by atoms with Crippen LogP contribution in [0.15, 0.2) is 6.07 Å². The summed E-state index contributed by atoms with van der Waals surface area (Å²) < 4.78 is 37.9. The van der Waals surface area contributed by atoms with Crippen molar-refractivity contribution in [2.24, 2.45) is 0 Å². The number of halogens is 4. The molecule has 1 rings (SSSR count). The molecule has 1 nitrogen and oxygen atoms in total. The van der Waals surface area contributed by atoms with Gasteiger partial charge in [-0.15, -0.1) is 0 Å². The highest BCUT2D eigenvalue weighted by atomic mass is 35.5. The highest BCUT2D eigenvalue weighted by molar-refractivity contribution is 6.30. The van der Waals surface area contributed by atoms with Gasteiger partial charge in [-0.25, -0.2) is 13.2 Å². The molecule has 0 aliphatic carbocycles. The first-order valence-electron chi connectivity index (χ1n) is 3.00. The summed E-state index contributed by atoms with van der Waals surface area (Å²) in [4.78, 5) is 0. The number of aliphatic hydroxyl groups excluding tert-OH is 1. The van der Waals surface area contributed by atoms with Gasteiger partial charge in [0.25, 0.3) is 0 Å². The largest absolute Gasteiger partial charge is 0.391 e. The lowest BCUT2D eigenvalue weighted by molar-refractivity contribution is 0.266. The van der Waals surface area contributed by atoms with Gasteiger partial charge >= 0.3 is 0 Å². The standard InChI is InChI=1S/C7H4ClF3O/c8-4-1-5(9)3(2-12)6(10)7(4)11/h1,12H,2H2. The lowest BCUT2D eigenvalue weighted by atomic mass is 10.2. The maximum absolute atomic E-state index is 12.7. The van der Waals surface area contributed by atoms with E-state index in [9.17, 15) is 13.2 Å². The molecule has 0 atom stereocenters. The van der Waals surface area contributed by atoms with Gasteiger partial charge < -0.3 is 5.11 Å². The molecule has 12 heavy (non-hydrogen) atoms. The third kappa shape index (κ3) is 1.40. The van der Waals surface area contributed by atoms with E-state index in [1.165, 1.54) is 0 Å². The average molecular weight is 197 g/mol. The van der Waals surface area contributed by atoms with E-state index in [-0.39, 0.29) is 0 Å². The Kier molecular flexibility index (Phi) is 2.59. The molecule has 0 spiro atoms. The molecule has 0 saturated heterocycles. The summed E-state index contributed by atoms with van der Waals surface area (Å²) in [6, 6.07) is 0.617. The van der Waals surface area contributed by atoms with Gasteiger partial charge in [-0.05, 0) is 6.07 Å². The molecule has 1 aromatic carbocycles. The lowest BCUT2D eigenvalue weighted by Crippen LogP contribution is -1.99.